The summed E-state index contributed by atoms with van der Waals surface area (Å²) in [4.78, 5) is 40.0. The zero-order chi connectivity index (χ0) is 57.2. The Kier molecular flexibility index (Phi) is 54.5. The quantitative estimate of drug-likeness (QED) is 0.0212. The van der Waals surface area contributed by atoms with E-state index in [1.807, 2.05) is 33.3 Å². The molecule has 0 aliphatic rings. The highest BCUT2D eigenvalue weighted by atomic mass is 31.2. The number of ether oxygens (including phenoxy) is 1. The molecule has 0 heterocycles. The fraction of sp³-hybridized carbons (Fsp3) is 0.706. The third-order valence-corrected chi connectivity index (χ3v) is 14.4. The Hall–Kier alpha value is -3.33. The highest BCUT2D eigenvalue weighted by Gasteiger charge is 2.27. The van der Waals surface area contributed by atoms with Crippen LogP contribution in [0, 0.1) is 0 Å². The van der Waals surface area contributed by atoms with Crippen LogP contribution < -0.4 is 10.2 Å². The lowest BCUT2D eigenvalue weighted by Crippen LogP contribution is -2.47. The molecule has 0 rings (SSSR count). The molecule has 1 N–H and O–H groups in total. The van der Waals surface area contributed by atoms with Crippen LogP contribution in [0.2, 0.25) is 0 Å². The van der Waals surface area contributed by atoms with Gasteiger partial charge in [0.1, 0.15) is 19.3 Å². The first-order valence-corrected chi connectivity index (χ1v) is 33.2. The van der Waals surface area contributed by atoms with Gasteiger partial charge in [-0.25, -0.2) is 0 Å². The molecule has 3 unspecified atom stereocenters. The fourth-order valence-electron chi connectivity index (χ4n) is 8.55. The Morgan fingerprint density at radius 3 is 1.26 bits per heavy atom. The van der Waals surface area contributed by atoms with E-state index >= 15 is 0 Å². The average Bonchev–Trinajstić information content (AvgIpc) is 3.40. The molecule has 3 atom stereocenters. The molecule has 9 nitrogen and oxygen atoms in total. The molecule has 78 heavy (non-hydrogen) atoms. The molecule has 10 heteroatoms. The molecule has 0 fully saturated rings. The van der Waals surface area contributed by atoms with Crippen molar-refractivity contribution < 1.29 is 37.3 Å². The number of phosphoric acid groups is 1. The Bertz CT molecular complexity index is 1700. The van der Waals surface area contributed by atoms with Crippen LogP contribution in [0.25, 0.3) is 0 Å². The molecule has 0 aliphatic carbocycles. The predicted molar refractivity (Wildman–Crippen MR) is 334 cm³/mol. The minimum absolute atomic E-state index is 0.0343. The molecule has 0 aliphatic heterocycles. The first-order chi connectivity index (χ1) is 37.9. The minimum atomic E-state index is -4.72. The van der Waals surface area contributed by atoms with Crippen molar-refractivity contribution in [3.63, 3.8) is 0 Å². The summed E-state index contributed by atoms with van der Waals surface area (Å²) in [5.41, 5.74) is 0. The molecule has 0 aromatic heterocycles. The van der Waals surface area contributed by atoms with Crippen molar-refractivity contribution in [3.8, 4) is 0 Å². The molecule has 0 bridgehead atoms. The van der Waals surface area contributed by atoms with Crippen LogP contribution in [-0.4, -0.2) is 69.4 Å². The number of hydrogen-bond acceptors (Lipinski definition) is 7. The van der Waals surface area contributed by atoms with Crippen molar-refractivity contribution in [3.05, 3.63) is 109 Å². The number of nitrogens with zero attached hydrogens (tertiary/aromatic N) is 1. The summed E-state index contributed by atoms with van der Waals surface area (Å²) in [7, 11) is 1.15. The summed E-state index contributed by atoms with van der Waals surface area (Å²) < 4.78 is 30.3. The van der Waals surface area contributed by atoms with Crippen molar-refractivity contribution in [2.75, 3.05) is 40.9 Å². The second kappa shape index (κ2) is 56.9. The summed E-state index contributed by atoms with van der Waals surface area (Å²) >= 11 is 0. The SMILES string of the molecule is CC/C=C\C/C=C\C/C=C\C/C=C\C/C=C\CCCCCCCC(=O)NC(COP(=O)([O-])OCC[N+](C)(C)C)C(/C=C/CCCCCCCCCCCC)OC(=O)CCCCCCCC/C=C\C/C=C\C/C=C\CCCCC. The van der Waals surface area contributed by atoms with Crippen molar-refractivity contribution >= 4 is 19.7 Å². The van der Waals surface area contributed by atoms with Gasteiger partial charge in [0.15, 0.2) is 0 Å². The van der Waals surface area contributed by atoms with E-state index in [1.165, 1.54) is 77.0 Å². The van der Waals surface area contributed by atoms with Gasteiger partial charge in [0, 0.05) is 12.8 Å². The van der Waals surface area contributed by atoms with E-state index in [4.69, 9.17) is 13.8 Å². The van der Waals surface area contributed by atoms with Crippen molar-refractivity contribution in [2.24, 2.45) is 0 Å². The number of hydrogen-bond donors (Lipinski definition) is 1. The van der Waals surface area contributed by atoms with Crippen LogP contribution in [0.5, 0.6) is 0 Å². The number of phosphoric ester groups is 1. The number of carbonyl (C=O) groups is 2. The number of likely N-dealkylation sites (N-methyl/N-ethyl adjacent to an activating group) is 1. The second-order valence-electron chi connectivity index (χ2n) is 22.2. The van der Waals surface area contributed by atoms with Gasteiger partial charge >= 0.3 is 5.97 Å². The van der Waals surface area contributed by atoms with Gasteiger partial charge in [0.05, 0.1) is 33.8 Å². The highest BCUT2D eigenvalue weighted by molar-refractivity contribution is 7.45. The smallest absolute Gasteiger partial charge is 0.306 e. The first-order valence-electron chi connectivity index (χ1n) is 31.7. The van der Waals surface area contributed by atoms with E-state index in [1.54, 1.807) is 0 Å². The van der Waals surface area contributed by atoms with Gasteiger partial charge in [0.25, 0.3) is 7.82 Å². The molecule has 448 valence electrons. The maximum Gasteiger partial charge on any atom is 0.306 e. The highest BCUT2D eigenvalue weighted by Crippen LogP contribution is 2.38. The van der Waals surface area contributed by atoms with E-state index < -0.39 is 26.6 Å². The van der Waals surface area contributed by atoms with Crippen molar-refractivity contribution in [1.82, 2.24) is 5.32 Å². The largest absolute Gasteiger partial charge is 0.756 e. The number of esters is 1. The summed E-state index contributed by atoms with van der Waals surface area (Å²) in [5, 5.41) is 3.02. The molecule has 0 saturated heterocycles. The number of amides is 1. The van der Waals surface area contributed by atoms with Gasteiger partial charge in [-0.15, -0.1) is 0 Å². The van der Waals surface area contributed by atoms with E-state index in [-0.39, 0.29) is 31.3 Å². The van der Waals surface area contributed by atoms with E-state index in [2.05, 4.69) is 123 Å². The standard InChI is InChI=1S/C68H119N2O7P/c1-7-10-13-16-19-22-25-28-30-32-34-35-37-38-40-42-45-48-51-54-57-60-67(71)69-65(64-76-78(73,74)75-63-62-70(4,5)6)66(59-56-53-50-47-44-27-24-21-18-15-12-9-3)77-68(72)61-58-55-52-49-46-43-41-39-36-33-31-29-26-23-20-17-14-11-8-2/h10,13,19-20,22-23,28-31,34-36,38-40,56,59,65-66H,7-9,11-12,14-18,21,24-27,32-33,37,41-55,57-58,60-64H2,1-6H3,(H-,69,71,73,74)/b13-10-,22-19-,23-20-,30-28-,31-29-,35-34-,39-36-,40-38-,59-56+. The fourth-order valence-corrected chi connectivity index (χ4v) is 9.28. The van der Waals surface area contributed by atoms with Gasteiger partial charge in [-0.05, 0) is 115 Å². The lowest BCUT2D eigenvalue weighted by molar-refractivity contribution is -0.870. The Morgan fingerprint density at radius 1 is 0.462 bits per heavy atom. The Morgan fingerprint density at radius 2 is 0.821 bits per heavy atom. The third-order valence-electron chi connectivity index (χ3n) is 13.4. The molecular weight excluding hydrogens is 988 g/mol. The second-order valence-corrected chi connectivity index (χ2v) is 23.6. The molecule has 0 radical (unpaired) electrons. The van der Waals surface area contributed by atoms with Gasteiger partial charge in [-0.1, -0.05) is 240 Å². The summed E-state index contributed by atoms with van der Waals surface area (Å²) in [5.74, 6) is -0.582. The number of rotatable bonds is 56. The number of nitrogens with one attached hydrogen (secondary N) is 1. The number of quaternary nitrogens is 1. The van der Waals surface area contributed by atoms with Crippen molar-refractivity contribution in [1.29, 1.82) is 0 Å². The first kappa shape index (κ1) is 74.7. The number of carbonyl (C=O) groups excluding carboxylic acids is 2. The monoisotopic (exact) mass is 1110 g/mol. The van der Waals surface area contributed by atoms with Gasteiger partial charge < -0.3 is 28.5 Å². The topological polar surface area (TPSA) is 114 Å². The number of unbranched alkanes of at least 4 members (excludes halogenated alkanes) is 24. The van der Waals surface area contributed by atoms with E-state index in [0.29, 0.717) is 23.9 Å². The van der Waals surface area contributed by atoms with Crippen LogP contribution in [0.1, 0.15) is 258 Å². The van der Waals surface area contributed by atoms with E-state index in [0.717, 1.165) is 135 Å². The predicted octanol–water partition coefficient (Wildman–Crippen LogP) is 19.1. The van der Waals surface area contributed by atoms with Crippen LogP contribution in [0.15, 0.2) is 109 Å². The lowest BCUT2D eigenvalue weighted by atomic mass is 10.0. The molecule has 0 saturated carbocycles. The van der Waals surface area contributed by atoms with Crippen molar-refractivity contribution in [2.45, 2.75) is 270 Å². The summed E-state index contributed by atoms with van der Waals surface area (Å²) in [6.45, 7) is 6.67. The number of allylic oxidation sites excluding steroid dienone is 17. The van der Waals surface area contributed by atoms with Crippen LogP contribution in [-0.2, 0) is 27.9 Å². The average molecular weight is 1110 g/mol. The van der Waals surface area contributed by atoms with E-state index in [9.17, 15) is 19.0 Å². The zero-order valence-corrected chi connectivity index (χ0v) is 52.0. The van der Waals surface area contributed by atoms with Crippen LogP contribution in [0.3, 0.4) is 0 Å². The minimum Gasteiger partial charge on any atom is -0.756 e. The van der Waals surface area contributed by atoms with Crippen LogP contribution in [0.4, 0.5) is 0 Å². The lowest BCUT2D eigenvalue weighted by Gasteiger charge is -2.30. The summed E-state index contributed by atoms with van der Waals surface area (Å²) in [6, 6.07) is -0.912. The van der Waals surface area contributed by atoms with Crippen LogP contribution >= 0.6 is 7.82 Å². The molecule has 1 amide bonds. The Labute approximate surface area is 481 Å². The molecular formula is C68H119N2O7P. The Balaban J connectivity index is 5.31. The van der Waals surface area contributed by atoms with Gasteiger partial charge in [0.2, 0.25) is 5.91 Å². The molecule has 0 aromatic rings. The maximum absolute atomic E-state index is 13.5. The third kappa shape index (κ3) is 57.4. The van der Waals surface area contributed by atoms with Gasteiger partial charge in [-0.2, -0.15) is 0 Å². The summed E-state index contributed by atoms with van der Waals surface area (Å²) in [6.07, 6.45) is 77.6. The normalized spacial score (nSPS) is 14.4. The molecule has 0 spiro atoms. The maximum atomic E-state index is 13.5. The molecule has 0 aromatic carbocycles. The van der Waals surface area contributed by atoms with Gasteiger partial charge in [-0.3, -0.25) is 14.2 Å². The zero-order valence-electron chi connectivity index (χ0n) is 51.1.